The first-order valence-electron chi connectivity index (χ1n) is 9.02. The molecule has 1 aromatic heterocycles. The molecule has 0 N–H and O–H groups in total. The minimum Gasteiger partial charge on any atom is -0.331 e. The van der Waals surface area contributed by atoms with Crippen molar-refractivity contribution in [1.82, 2.24) is 4.57 Å². The van der Waals surface area contributed by atoms with E-state index in [0.717, 1.165) is 11.3 Å². The smallest absolute Gasteiger partial charge is 0.275 e. The number of aromatic nitrogens is 1. The Morgan fingerprint density at radius 3 is 2.69 bits per heavy atom. The number of hydrogen-bond acceptors (Lipinski definition) is 3. The van der Waals surface area contributed by atoms with E-state index in [0.29, 0.717) is 16.5 Å². The maximum Gasteiger partial charge on any atom is 0.275 e. The maximum absolute atomic E-state index is 14.4. The van der Waals surface area contributed by atoms with E-state index in [-0.39, 0.29) is 17.9 Å². The van der Waals surface area contributed by atoms with Crippen molar-refractivity contribution in [2.45, 2.75) is 37.1 Å². The number of alkyl halides is 2. The molecule has 0 atom stereocenters. The van der Waals surface area contributed by atoms with E-state index in [1.54, 1.807) is 17.6 Å². The van der Waals surface area contributed by atoms with Gasteiger partial charge in [-0.05, 0) is 54.8 Å². The van der Waals surface area contributed by atoms with Gasteiger partial charge in [-0.2, -0.15) is 5.26 Å². The number of rotatable bonds is 3. The van der Waals surface area contributed by atoms with Crippen molar-refractivity contribution in [3.05, 3.63) is 64.6 Å². The summed E-state index contributed by atoms with van der Waals surface area (Å²) in [6, 6.07) is 10.3. The second kappa shape index (κ2) is 6.63. The highest BCUT2D eigenvalue weighted by molar-refractivity contribution is 7.91. The summed E-state index contributed by atoms with van der Waals surface area (Å²) in [4.78, 5) is -0.327. The van der Waals surface area contributed by atoms with Crippen LogP contribution in [-0.2, 0) is 28.7 Å². The summed E-state index contributed by atoms with van der Waals surface area (Å²) >= 11 is 0. The van der Waals surface area contributed by atoms with Gasteiger partial charge in [0, 0.05) is 28.6 Å². The zero-order chi connectivity index (χ0) is 21.0. The molecule has 2 aromatic carbocycles. The quantitative estimate of drug-likeness (QED) is 0.630. The molecule has 4 nitrogen and oxygen atoms in total. The fourth-order valence-corrected chi connectivity index (χ4v) is 5.54. The van der Waals surface area contributed by atoms with Gasteiger partial charge in [-0.15, -0.1) is 0 Å². The number of fused-ring (bicyclic) bond motifs is 2. The van der Waals surface area contributed by atoms with Crippen LogP contribution >= 0.6 is 0 Å². The molecule has 29 heavy (non-hydrogen) atoms. The van der Waals surface area contributed by atoms with E-state index in [2.05, 4.69) is 6.07 Å². The van der Waals surface area contributed by atoms with Crippen molar-refractivity contribution >= 4 is 20.7 Å². The average Bonchev–Trinajstić information content (AvgIpc) is 2.91. The Kier molecular flexibility index (Phi) is 4.46. The Hall–Kier alpha value is -2.79. The van der Waals surface area contributed by atoms with Crippen LogP contribution in [0.4, 0.5) is 13.2 Å². The first-order valence-corrected chi connectivity index (χ1v) is 10.7. The van der Waals surface area contributed by atoms with Crippen LogP contribution in [0.25, 0.3) is 10.9 Å². The third kappa shape index (κ3) is 3.19. The Morgan fingerprint density at radius 1 is 1.21 bits per heavy atom. The largest absolute Gasteiger partial charge is 0.331 e. The van der Waals surface area contributed by atoms with Gasteiger partial charge in [0.25, 0.3) is 5.92 Å². The standard InChI is InChI=1S/C21H17F3N2O2S/c1-13-16(17-12-15(22)3-4-19(17)26(13)8-7-25)10-14-2-5-20-18(11-14)21(23,24)6-9-29(20,27)28/h2-5,11-12H,6,8-10H2,1H3. The second-order valence-electron chi connectivity index (χ2n) is 7.25. The first-order chi connectivity index (χ1) is 13.6. The summed E-state index contributed by atoms with van der Waals surface area (Å²) in [7, 11) is -3.72. The highest BCUT2D eigenvalue weighted by atomic mass is 32.2. The monoisotopic (exact) mass is 418 g/mol. The molecule has 1 aliphatic rings. The molecular formula is C21H17F3N2O2S. The molecule has 2 heterocycles. The highest BCUT2D eigenvalue weighted by Crippen LogP contribution is 2.42. The number of nitrogens with zero attached hydrogens (tertiary/aromatic N) is 2. The lowest BCUT2D eigenvalue weighted by Crippen LogP contribution is -2.28. The Bertz CT molecular complexity index is 1290. The zero-order valence-corrected chi connectivity index (χ0v) is 16.4. The van der Waals surface area contributed by atoms with E-state index < -0.39 is 39.3 Å². The Labute approximate surface area is 166 Å². The SMILES string of the molecule is Cc1c(Cc2ccc3c(c2)C(F)(F)CCS3(=O)=O)c2cc(F)ccc2n1CC#N. The van der Waals surface area contributed by atoms with Crippen LogP contribution in [0.5, 0.6) is 0 Å². The molecule has 0 amide bonds. The van der Waals surface area contributed by atoms with E-state index in [1.165, 1.54) is 30.3 Å². The average molecular weight is 418 g/mol. The van der Waals surface area contributed by atoms with Gasteiger partial charge in [-0.3, -0.25) is 0 Å². The van der Waals surface area contributed by atoms with Gasteiger partial charge in [-0.1, -0.05) is 6.07 Å². The molecule has 0 bridgehead atoms. The van der Waals surface area contributed by atoms with Crippen LogP contribution in [0.1, 0.15) is 28.8 Å². The minimum atomic E-state index is -3.72. The molecule has 0 radical (unpaired) electrons. The number of hydrogen-bond donors (Lipinski definition) is 0. The summed E-state index contributed by atoms with van der Waals surface area (Å²) in [5, 5.41) is 9.72. The van der Waals surface area contributed by atoms with Crippen molar-refractivity contribution in [1.29, 1.82) is 5.26 Å². The lowest BCUT2D eigenvalue weighted by molar-refractivity contribution is -0.0127. The van der Waals surface area contributed by atoms with Gasteiger partial charge in [0.15, 0.2) is 9.84 Å². The molecule has 0 spiro atoms. The normalized spacial score (nSPS) is 17.1. The van der Waals surface area contributed by atoms with Crippen LogP contribution in [0, 0.1) is 24.1 Å². The van der Waals surface area contributed by atoms with Gasteiger partial charge >= 0.3 is 0 Å². The van der Waals surface area contributed by atoms with Gasteiger partial charge in [0.2, 0.25) is 0 Å². The first kappa shape index (κ1) is 19.5. The summed E-state index contributed by atoms with van der Waals surface area (Å²) < 4.78 is 68.7. The van der Waals surface area contributed by atoms with Crippen LogP contribution in [0.15, 0.2) is 41.3 Å². The van der Waals surface area contributed by atoms with Crippen molar-refractivity contribution in [3.8, 4) is 6.07 Å². The molecule has 4 rings (SSSR count). The fourth-order valence-electron chi connectivity index (χ4n) is 3.98. The van der Waals surface area contributed by atoms with Crippen molar-refractivity contribution in [2.75, 3.05) is 5.75 Å². The summed E-state index contributed by atoms with van der Waals surface area (Å²) in [6.07, 6.45) is -0.523. The maximum atomic E-state index is 14.4. The molecule has 0 saturated carbocycles. The molecule has 150 valence electrons. The van der Waals surface area contributed by atoms with E-state index in [4.69, 9.17) is 5.26 Å². The topological polar surface area (TPSA) is 62.9 Å². The van der Waals surface area contributed by atoms with Gasteiger partial charge in [-0.25, -0.2) is 21.6 Å². The Morgan fingerprint density at radius 2 is 1.97 bits per heavy atom. The minimum absolute atomic E-state index is 0.0778. The van der Waals surface area contributed by atoms with Gasteiger partial charge in [0.1, 0.15) is 12.4 Å². The van der Waals surface area contributed by atoms with Crippen LogP contribution in [-0.4, -0.2) is 18.7 Å². The fraction of sp³-hybridized carbons (Fsp3) is 0.286. The third-order valence-corrected chi connectivity index (χ3v) is 7.25. The molecular weight excluding hydrogens is 401 g/mol. The van der Waals surface area contributed by atoms with Gasteiger partial charge < -0.3 is 4.57 Å². The summed E-state index contributed by atoms with van der Waals surface area (Å²) in [5.41, 5.74) is 2.17. The lowest BCUT2D eigenvalue weighted by atomic mass is 9.97. The number of halogens is 3. The van der Waals surface area contributed by atoms with Gasteiger partial charge in [0.05, 0.1) is 16.7 Å². The number of nitriles is 1. The molecule has 3 aromatic rings. The predicted molar refractivity (Wildman–Crippen MR) is 102 cm³/mol. The molecule has 8 heteroatoms. The molecule has 0 saturated heterocycles. The zero-order valence-electron chi connectivity index (χ0n) is 15.5. The predicted octanol–water partition coefficient (Wildman–Crippen LogP) is 4.47. The summed E-state index contributed by atoms with van der Waals surface area (Å²) in [5.74, 6) is -4.23. The molecule has 0 unspecified atom stereocenters. The molecule has 0 aliphatic carbocycles. The molecule has 0 fully saturated rings. The van der Waals surface area contributed by atoms with Crippen LogP contribution in [0.2, 0.25) is 0 Å². The second-order valence-corrected chi connectivity index (χ2v) is 9.33. The number of sulfone groups is 1. The lowest BCUT2D eigenvalue weighted by Gasteiger charge is -2.25. The van der Waals surface area contributed by atoms with E-state index in [1.807, 2.05) is 0 Å². The molecule has 1 aliphatic heterocycles. The van der Waals surface area contributed by atoms with Crippen LogP contribution < -0.4 is 0 Å². The van der Waals surface area contributed by atoms with Crippen molar-refractivity contribution in [3.63, 3.8) is 0 Å². The number of benzene rings is 2. The third-order valence-electron chi connectivity index (χ3n) is 5.48. The van der Waals surface area contributed by atoms with E-state index >= 15 is 0 Å². The van der Waals surface area contributed by atoms with Crippen LogP contribution in [0.3, 0.4) is 0 Å². The highest BCUT2D eigenvalue weighted by Gasteiger charge is 2.43. The van der Waals surface area contributed by atoms with Crippen molar-refractivity contribution in [2.24, 2.45) is 0 Å². The Balaban J connectivity index is 1.86. The van der Waals surface area contributed by atoms with E-state index in [9.17, 15) is 21.6 Å². The van der Waals surface area contributed by atoms with Crippen molar-refractivity contribution < 1.29 is 21.6 Å². The summed E-state index contributed by atoms with van der Waals surface area (Å²) in [6.45, 7) is 1.87.